The normalized spacial score (nSPS) is 10.5. The van der Waals surface area contributed by atoms with Crippen LogP contribution in [0.2, 0.25) is 0 Å². The molecule has 0 aliphatic heterocycles. The van der Waals surface area contributed by atoms with Gasteiger partial charge < -0.3 is 10.0 Å². The van der Waals surface area contributed by atoms with Gasteiger partial charge in [0, 0.05) is 25.1 Å². The summed E-state index contributed by atoms with van der Waals surface area (Å²) in [7, 11) is 0. The van der Waals surface area contributed by atoms with Gasteiger partial charge in [0.25, 0.3) is 0 Å². The lowest BCUT2D eigenvalue weighted by Gasteiger charge is -2.19. The van der Waals surface area contributed by atoms with Crippen molar-refractivity contribution in [2.24, 2.45) is 0 Å². The zero-order valence-electron chi connectivity index (χ0n) is 9.86. The Hall–Kier alpha value is -0.650. The molecule has 0 saturated heterocycles. The molecule has 1 rings (SSSR count). The average molecular weight is 277 g/mol. The lowest BCUT2D eigenvalue weighted by molar-refractivity contribution is -0.130. The topological polar surface area (TPSA) is 53.4 Å². The van der Waals surface area contributed by atoms with E-state index in [0.717, 1.165) is 10.7 Å². The molecule has 6 heteroatoms. The van der Waals surface area contributed by atoms with E-state index in [9.17, 15) is 4.79 Å². The Balaban J connectivity index is 2.51. The van der Waals surface area contributed by atoms with Crippen LogP contribution in [0.25, 0.3) is 0 Å². The minimum atomic E-state index is 0.0522. The molecular weight excluding hydrogens is 260 g/mol. The average Bonchev–Trinajstić information content (AvgIpc) is 2.77. The number of aliphatic hydroxyl groups excluding tert-OH is 1. The maximum atomic E-state index is 11.9. The van der Waals surface area contributed by atoms with Gasteiger partial charge in [0.1, 0.15) is 5.01 Å². The molecule has 96 valence electrons. The molecule has 0 unspecified atom stereocenters. The number of carbonyl (C=O) groups excluding carboxylic acids is 1. The summed E-state index contributed by atoms with van der Waals surface area (Å²) in [6.45, 7) is 3.30. The highest BCUT2D eigenvalue weighted by molar-refractivity contribution is 7.09. The van der Waals surface area contributed by atoms with E-state index in [1.165, 1.54) is 11.3 Å². The number of amides is 1. The van der Waals surface area contributed by atoms with Crippen molar-refractivity contribution in [2.45, 2.75) is 25.6 Å². The van der Waals surface area contributed by atoms with Crippen LogP contribution in [0.3, 0.4) is 0 Å². The number of thiazole rings is 1. The van der Waals surface area contributed by atoms with Gasteiger partial charge in [-0.05, 0) is 13.3 Å². The number of rotatable bonds is 7. The Kier molecular flexibility index (Phi) is 6.47. The predicted octanol–water partition coefficient (Wildman–Crippen LogP) is 1.66. The highest BCUT2D eigenvalue weighted by Gasteiger charge is 2.13. The molecule has 0 saturated carbocycles. The van der Waals surface area contributed by atoms with Gasteiger partial charge in [-0.1, -0.05) is 0 Å². The van der Waals surface area contributed by atoms with E-state index >= 15 is 0 Å². The monoisotopic (exact) mass is 276 g/mol. The van der Waals surface area contributed by atoms with Crippen molar-refractivity contribution in [3.05, 3.63) is 16.1 Å². The van der Waals surface area contributed by atoms with E-state index in [0.29, 0.717) is 31.8 Å². The largest absolute Gasteiger partial charge is 0.396 e. The van der Waals surface area contributed by atoms with Crippen molar-refractivity contribution in [3.63, 3.8) is 0 Å². The number of aromatic nitrogens is 1. The molecule has 1 heterocycles. The summed E-state index contributed by atoms with van der Waals surface area (Å²) in [5.41, 5.74) is 0.817. The van der Waals surface area contributed by atoms with Crippen molar-refractivity contribution in [1.29, 1.82) is 0 Å². The number of halogens is 1. The van der Waals surface area contributed by atoms with Gasteiger partial charge in [-0.15, -0.1) is 22.9 Å². The first kappa shape index (κ1) is 14.4. The minimum Gasteiger partial charge on any atom is -0.396 e. The standard InChI is InChI=1S/C11H17ClN2O2S/c1-2-14(4-3-5-15)11(16)6-10-13-9(7-12)8-17-10/h8,15H,2-7H2,1H3. The molecule has 1 N–H and O–H groups in total. The van der Waals surface area contributed by atoms with E-state index in [1.54, 1.807) is 4.90 Å². The Morgan fingerprint density at radius 1 is 1.65 bits per heavy atom. The van der Waals surface area contributed by atoms with Crippen molar-refractivity contribution in [1.82, 2.24) is 9.88 Å². The van der Waals surface area contributed by atoms with Crippen molar-refractivity contribution >= 4 is 28.8 Å². The fourth-order valence-electron chi connectivity index (χ4n) is 1.45. The Labute approximate surface area is 110 Å². The number of nitrogens with zero attached hydrogens (tertiary/aromatic N) is 2. The Morgan fingerprint density at radius 3 is 2.94 bits per heavy atom. The third-order valence-electron chi connectivity index (χ3n) is 2.36. The van der Waals surface area contributed by atoms with E-state index in [4.69, 9.17) is 16.7 Å². The van der Waals surface area contributed by atoms with Crippen LogP contribution >= 0.6 is 22.9 Å². The first-order valence-corrected chi connectivity index (χ1v) is 7.00. The molecule has 0 spiro atoms. The molecule has 1 aromatic heterocycles. The van der Waals surface area contributed by atoms with Gasteiger partial charge in [-0.2, -0.15) is 0 Å². The SMILES string of the molecule is CCN(CCCO)C(=O)Cc1nc(CCl)cs1. The fourth-order valence-corrected chi connectivity index (χ4v) is 2.47. The van der Waals surface area contributed by atoms with Crippen molar-refractivity contribution < 1.29 is 9.90 Å². The van der Waals surface area contributed by atoms with Gasteiger partial charge >= 0.3 is 0 Å². The zero-order chi connectivity index (χ0) is 12.7. The molecule has 0 fully saturated rings. The lowest BCUT2D eigenvalue weighted by atomic mass is 10.3. The summed E-state index contributed by atoms with van der Waals surface area (Å²) in [4.78, 5) is 17.9. The highest BCUT2D eigenvalue weighted by Crippen LogP contribution is 2.13. The number of hydrogen-bond acceptors (Lipinski definition) is 4. The summed E-state index contributed by atoms with van der Waals surface area (Å²) >= 11 is 7.12. The second kappa shape index (κ2) is 7.63. The first-order valence-electron chi connectivity index (χ1n) is 5.59. The van der Waals surface area contributed by atoms with Gasteiger partial charge in [-0.3, -0.25) is 4.79 Å². The summed E-state index contributed by atoms with van der Waals surface area (Å²) in [6.07, 6.45) is 0.936. The molecule has 4 nitrogen and oxygen atoms in total. The Morgan fingerprint density at radius 2 is 2.41 bits per heavy atom. The third kappa shape index (κ3) is 4.61. The molecule has 0 radical (unpaired) electrons. The van der Waals surface area contributed by atoms with Gasteiger partial charge in [-0.25, -0.2) is 4.98 Å². The summed E-state index contributed by atoms with van der Waals surface area (Å²) in [5, 5.41) is 11.4. The first-order chi connectivity index (χ1) is 8.21. The van der Waals surface area contributed by atoms with Gasteiger partial charge in [0.05, 0.1) is 18.0 Å². The van der Waals surface area contributed by atoms with E-state index in [1.807, 2.05) is 12.3 Å². The molecular formula is C11H17ClN2O2S. The number of aliphatic hydroxyl groups is 1. The maximum absolute atomic E-state index is 11.9. The zero-order valence-corrected chi connectivity index (χ0v) is 11.4. The fraction of sp³-hybridized carbons (Fsp3) is 0.636. The van der Waals surface area contributed by atoms with Gasteiger partial charge in [0.2, 0.25) is 5.91 Å². The van der Waals surface area contributed by atoms with Crippen LogP contribution in [-0.2, 0) is 17.1 Å². The van der Waals surface area contributed by atoms with E-state index in [-0.39, 0.29) is 12.5 Å². The molecule has 0 aliphatic carbocycles. The maximum Gasteiger partial charge on any atom is 0.229 e. The lowest BCUT2D eigenvalue weighted by Crippen LogP contribution is -2.33. The highest BCUT2D eigenvalue weighted by atomic mass is 35.5. The predicted molar refractivity (Wildman–Crippen MR) is 69.3 cm³/mol. The van der Waals surface area contributed by atoms with E-state index in [2.05, 4.69) is 4.98 Å². The van der Waals surface area contributed by atoms with Gasteiger partial charge in [0.15, 0.2) is 0 Å². The molecule has 17 heavy (non-hydrogen) atoms. The smallest absolute Gasteiger partial charge is 0.229 e. The van der Waals surface area contributed by atoms with Crippen LogP contribution < -0.4 is 0 Å². The molecule has 0 aromatic carbocycles. The van der Waals surface area contributed by atoms with Crippen LogP contribution in [0.4, 0.5) is 0 Å². The number of likely N-dealkylation sites (N-methyl/N-ethyl adjacent to an activating group) is 1. The van der Waals surface area contributed by atoms with Crippen LogP contribution in [0.5, 0.6) is 0 Å². The molecule has 0 aliphatic rings. The summed E-state index contributed by atoms with van der Waals surface area (Å²) in [6, 6.07) is 0. The molecule has 0 atom stereocenters. The number of carbonyl (C=O) groups is 1. The Bertz CT molecular complexity index is 357. The van der Waals surface area contributed by atoms with Crippen LogP contribution in [0.15, 0.2) is 5.38 Å². The second-order valence-electron chi connectivity index (χ2n) is 3.59. The molecule has 1 aromatic rings. The minimum absolute atomic E-state index is 0.0522. The third-order valence-corrected chi connectivity index (χ3v) is 3.53. The van der Waals surface area contributed by atoms with Crippen LogP contribution in [0, 0.1) is 0 Å². The van der Waals surface area contributed by atoms with Crippen molar-refractivity contribution in [2.75, 3.05) is 19.7 Å². The number of hydrogen-bond donors (Lipinski definition) is 1. The van der Waals surface area contributed by atoms with E-state index < -0.39 is 0 Å². The quantitative estimate of drug-likeness (QED) is 0.771. The van der Waals surface area contributed by atoms with Crippen molar-refractivity contribution in [3.8, 4) is 0 Å². The second-order valence-corrected chi connectivity index (χ2v) is 4.80. The summed E-state index contributed by atoms with van der Waals surface area (Å²) in [5.74, 6) is 0.434. The number of alkyl halides is 1. The van der Waals surface area contributed by atoms with Crippen LogP contribution in [0.1, 0.15) is 24.0 Å². The summed E-state index contributed by atoms with van der Waals surface area (Å²) < 4.78 is 0. The molecule has 1 amide bonds. The molecule has 0 bridgehead atoms. The van der Waals surface area contributed by atoms with Crippen LogP contribution in [-0.4, -0.2) is 40.6 Å².